The molecule has 0 saturated heterocycles. The third-order valence-corrected chi connectivity index (χ3v) is 8.10. The molecule has 1 heterocycles. The molecule has 5 rings (SSSR count). The molecule has 0 radical (unpaired) electrons. The van der Waals surface area contributed by atoms with Gasteiger partial charge in [-0.15, -0.1) is 0 Å². The van der Waals surface area contributed by atoms with Crippen molar-refractivity contribution in [3.8, 4) is 11.8 Å². The van der Waals surface area contributed by atoms with Gasteiger partial charge in [0.15, 0.2) is 0 Å². The molecule has 2 aromatic carbocycles. The number of ether oxygens (including phenoxy) is 1. The number of allylic oxidation sites excluding steroid dienone is 1. The van der Waals surface area contributed by atoms with Crippen LogP contribution in [0.2, 0.25) is 0 Å². The molecular weight excluding hydrogens is 498 g/mol. The number of anilines is 1. The first-order chi connectivity index (χ1) is 18.8. The summed E-state index contributed by atoms with van der Waals surface area (Å²) in [4.78, 5) is 37.3. The van der Waals surface area contributed by atoms with Crippen molar-refractivity contribution in [2.24, 2.45) is 5.92 Å². The second-order valence-corrected chi connectivity index (χ2v) is 10.6. The topological polar surface area (TPSA) is 149 Å². The molecule has 0 unspecified atom stereocenters. The third-order valence-electron chi connectivity index (χ3n) is 8.10. The third kappa shape index (κ3) is 5.66. The monoisotopic (exact) mass is 529 g/mol. The van der Waals surface area contributed by atoms with Crippen LogP contribution in [-0.2, 0) is 21.4 Å². The molecule has 0 bridgehead atoms. The first kappa shape index (κ1) is 26.4. The zero-order valence-corrected chi connectivity index (χ0v) is 21.5. The van der Waals surface area contributed by atoms with Crippen LogP contribution in [0, 0.1) is 17.2 Å². The molecule has 202 valence electrons. The summed E-state index contributed by atoms with van der Waals surface area (Å²) in [5, 5.41) is 34.0. The van der Waals surface area contributed by atoms with E-state index in [-0.39, 0.29) is 29.9 Å². The largest absolute Gasteiger partial charge is 0.493 e. The molecule has 2 saturated carbocycles. The van der Waals surface area contributed by atoms with Gasteiger partial charge < -0.3 is 25.6 Å². The molecule has 4 N–H and O–H groups in total. The van der Waals surface area contributed by atoms with E-state index in [0.717, 1.165) is 24.5 Å². The average Bonchev–Trinajstić information content (AvgIpc) is 3.65. The van der Waals surface area contributed by atoms with Crippen molar-refractivity contribution in [2.45, 2.75) is 62.5 Å². The number of carboxylic acids is 1. The lowest BCUT2D eigenvalue weighted by molar-refractivity contribution is -0.131. The van der Waals surface area contributed by atoms with E-state index in [9.17, 15) is 24.8 Å². The molecule has 2 aliphatic carbocycles. The highest BCUT2D eigenvalue weighted by Crippen LogP contribution is 2.61. The van der Waals surface area contributed by atoms with Crippen LogP contribution in [0.25, 0.3) is 0 Å². The zero-order chi connectivity index (χ0) is 27.6. The van der Waals surface area contributed by atoms with E-state index >= 15 is 0 Å². The van der Waals surface area contributed by atoms with E-state index < -0.39 is 11.4 Å². The second-order valence-electron chi connectivity index (χ2n) is 10.6. The summed E-state index contributed by atoms with van der Waals surface area (Å²) in [5.74, 6) is -1.06. The second kappa shape index (κ2) is 10.9. The minimum Gasteiger partial charge on any atom is -0.493 e. The minimum absolute atomic E-state index is 0.0327. The number of hydrogen-bond donors (Lipinski definition) is 4. The predicted octanol–water partition coefficient (Wildman–Crippen LogP) is 3.45. The first-order valence-electron chi connectivity index (χ1n) is 13.3. The Hall–Kier alpha value is -4.16. The molecular formula is C30H31N3O6. The van der Waals surface area contributed by atoms with Gasteiger partial charge in [-0.2, -0.15) is 5.26 Å². The quantitative estimate of drug-likeness (QED) is 0.401. The maximum absolute atomic E-state index is 13.5. The van der Waals surface area contributed by atoms with Crippen LogP contribution in [0.3, 0.4) is 0 Å². The molecule has 9 heteroatoms. The number of nitriles is 1. The van der Waals surface area contributed by atoms with Gasteiger partial charge in [-0.05, 0) is 80.8 Å². The number of fused-ring (bicyclic) bond motifs is 2. The van der Waals surface area contributed by atoms with E-state index in [1.54, 1.807) is 30.3 Å². The number of carbonyl (C=O) groups excluding carboxylic acids is 2. The molecule has 3 aliphatic rings. The maximum Gasteiger partial charge on any atom is 0.327 e. The number of aliphatic carboxylic acids is 1. The highest BCUT2D eigenvalue weighted by Gasteiger charge is 2.61. The molecule has 2 aromatic rings. The number of aliphatic hydroxyl groups excluding tert-OH is 1. The molecule has 39 heavy (non-hydrogen) atoms. The van der Waals surface area contributed by atoms with Gasteiger partial charge in [0.2, 0.25) is 5.91 Å². The smallest absolute Gasteiger partial charge is 0.327 e. The van der Waals surface area contributed by atoms with Crippen molar-refractivity contribution < 1.29 is 29.3 Å². The Morgan fingerprint density at radius 3 is 2.67 bits per heavy atom. The lowest BCUT2D eigenvalue weighted by atomic mass is 9.86. The Balaban J connectivity index is 1.33. The van der Waals surface area contributed by atoms with Crippen LogP contribution in [0.5, 0.6) is 5.75 Å². The van der Waals surface area contributed by atoms with Crippen molar-refractivity contribution in [3.63, 3.8) is 0 Å². The van der Waals surface area contributed by atoms with Gasteiger partial charge in [-0.3, -0.25) is 9.59 Å². The van der Waals surface area contributed by atoms with Crippen molar-refractivity contribution in [1.82, 2.24) is 5.32 Å². The highest BCUT2D eigenvalue weighted by atomic mass is 16.5. The number of nitrogens with zero attached hydrogens (tertiary/aromatic N) is 1. The Bertz CT molecular complexity index is 1370. The molecule has 9 nitrogen and oxygen atoms in total. The van der Waals surface area contributed by atoms with Gasteiger partial charge in [0.1, 0.15) is 5.75 Å². The Morgan fingerprint density at radius 1 is 1.13 bits per heavy atom. The Kier molecular flexibility index (Phi) is 7.40. The molecule has 1 spiro atoms. The van der Waals surface area contributed by atoms with Gasteiger partial charge in [-0.25, -0.2) is 4.79 Å². The van der Waals surface area contributed by atoms with Gasteiger partial charge in [0, 0.05) is 40.3 Å². The van der Waals surface area contributed by atoms with Gasteiger partial charge in [0.25, 0.3) is 5.91 Å². The van der Waals surface area contributed by atoms with Crippen LogP contribution >= 0.6 is 0 Å². The highest BCUT2D eigenvalue weighted by molar-refractivity contribution is 5.98. The Morgan fingerprint density at radius 2 is 1.92 bits per heavy atom. The van der Waals surface area contributed by atoms with Crippen LogP contribution < -0.4 is 15.4 Å². The zero-order valence-electron chi connectivity index (χ0n) is 21.5. The number of benzene rings is 2. The fourth-order valence-corrected chi connectivity index (χ4v) is 5.82. The molecule has 0 aromatic heterocycles. The molecule has 2 amide bonds. The van der Waals surface area contributed by atoms with Crippen LogP contribution in [0.1, 0.15) is 65.6 Å². The van der Waals surface area contributed by atoms with Gasteiger partial charge in [0.05, 0.1) is 24.3 Å². The summed E-state index contributed by atoms with van der Waals surface area (Å²) in [6.07, 6.45) is 6.65. The molecule has 1 aliphatic heterocycles. The first-order valence-corrected chi connectivity index (χ1v) is 13.3. The minimum atomic E-state index is -1.06. The fraction of sp³-hybridized carbons (Fsp3) is 0.400. The number of amides is 2. The molecule has 2 fully saturated rings. The van der Waals surface area contributed by atoms with E-state index in [4.69, 9.17) is 9.84 Å². The van der Waals surface area contributed by atoms with Gasteiger partial charge >= 0.3 is 5.97 Å². The Labute approximate surface area is 226 Å². The maximum atomic E-state index is 13.5. The number of carbonyl (C=O) groups is 3. The fourth-order valence-electron chi connectivity index (χ4n) is 5.82. The van der Waals surface area contributed by atoms with Crippen LogP contribution in [0.4, 0.5) is 5.69 Å². The van der Waals surface area contributed by atoms with Crippen LogP contribution in [0.15, 0.2) is 48.6 Å². The number of hydrogen-bond acceptors (Lipinski definition) is 6. The average molecular weight is 530 g/mol. The lowest BCUT2D eigenvalue weighted by Gasteiger charge is -2.28. The van der Waals surface area contributed by atoms with Crippen molar-refractivity contribution >= 4 is 23.5 Å². The SMILES string of the molecule is N#Cc1ccc(CC=CC(=O)O)c(NC(=O)[C@@H]2C[C@]23CCOc2ccc(C(=O)NC4CCC(O)CC4)cc23)c1. The number of nitrogens with one attached hydrogen (secondary N) is 2. The van der Waals surface area contributed by atoms with Crippen molar-refractivity contribution in [3.05, 3.63) is 70.8 Å². The number of carboxylic acid groups (broad SMARTS) is 1. The summed E-state index contributed by atoms with van der Waals surface area (Å²) in [6.45, 7) is 0.474. The predicted molar refractivity (Wildman–Crippen MR) is 142 cm³/mol. The van der Waals surface area contributed by atoms with E-state index in [0.29, 0.717) is 66.8 Å². The van der Waals surface area contributed by atoms with Gasteiger partial charge in [-0.1, -0.05) is 12.1 Å². The van der Waals surface area contributed by atoms with E-state index in [2.05, 4.69) is 16.7 Å². The summed E-state index contributed by atoms with van der Waals surface area (Å²) in [7, 11) is 0. The summed E-state index contributed by atoms with van der Waals surface area (Å²) in [5.41, 5.74) is 2.52. The van der Waals surface area contributed by atoms with E-state index in [1.807, 2.05) is 6.07 Å². The van der Waals surface area contributed by atoms with E-state index in [1.165, 1.54) is 6.08 Å². The molecule has 2 atom stereocenters. The summed E-state index contributed by atoms with van der Waals surface area (Å²) >= 11 is 0. The summed E-state index contributed by atoms with van der Waals surface area (Å²) < 4.78 is 5.87. The number of aliphatic hydroxyl groups is 1. The number of rotatable bonds is 7. The summed E-state index contributed by atoms with van der Waals surface area (Å²) in [6, 6.07) is 12.4. The normalized spacial score (nSPS) is 25.3. The van der Waals surface area contributed by atoms with Crippen molar-refractivity contribution in [1.29, 1.82) is 5.26 Å². The van der Waals surface area contributed by atoms with Crippen LogP contribution in [-0.4, -0.2) is 46.7 Å². The van der Waals surface area contributed by atoms with Crippen molar-refractivity contribution in [2.75, 3.05) is 11.9 Å². The standard InChI is InChI=1S/C30H31N3O6/c31-17-18-4-5-19(2-1-3-27(35)36)25(14-18)33-29(38)24-16-30(24)12-13-39-26-11-6-20(15-23(26)30)28(37)32-21-7-9-22(34)10-8-21/h1,3-6,11,14-15,21-22,24,34H,2,7-10,12-13,16H2,(H,32,37)(H,33,38)(H,35,36)/t21?,22?,24-,30-/m0/s1. The lowest BCUT2D eigenvalue weighted by Crippen LogP contribution is -2.38.